The third-order valence-electron chi connectivity index (χ3n) is 4.39. The Bertz CT molecular complexity index is 1270. The molecule has 0 unspecified atom stereocenters. The summed E-state index contributed by atoms with van der Waals surface area (Å²) in [7, 11) is 0. The van der Waals surface area contributed by atoms with Crippen molar-refractivity contribution in [3.63, 3.8) is 0 Å². The van der Waals surface area contributed by atoms with Crippen molar-refractivity contribution >= 4 is 56.8 Å². The van der Waals surface area contributed by atoms with E-state index in [4.69, 9.17) is 4.74 Å². The number of ketones is 1. The van der Waals surface area contributed by atoms with Crippen molar-refractivity contribution in [3.8, 4) is 5.75 Å². The molecule has 0 aliphatic rings. The van der Waals surface area contributed by atoms with Gasteiger partial charge in [0.05, 0.1) is 12.9 Å². The normalized spacial score (nSPS) is 11.5. The average molecular weight is 507 g/mol. The van der Waals surface area contributed by atoms with Crippen molar-refractivity contribution in [2.75, 3.05) is 12.4 Å². The molecule has 4 rings (SSSR count). The van der Waals surface area contributed by atoms with Gasteiger partial charge in [-0.15, -0.1) is 11.8 Å². The molecule has 0 bridgehead atoms. The molecule has 0 aliphatic heterocycles. The Morgan fingerprint density at radius 2 is 1.84 bits per heavy atom. The molecule has 1 N–H and O–H groups in total. The van der Waals surface area contributed by atoms with Gasteiger partial charge in [0.25, 0.3) is 0 Å². The predicted molar refractivity (Wildman–Crippen MR) is 132 cm³/mol. The molecule has 0 atom stereocenters. The molecule has 8 heteroatoms. The number of aromatic nitrogens is 4. The first-order valence-electron chi connectivity index (χ1n) is 9.83. The number of rotatable bonds is 9. The largest absolute Gasteiger partial charge is 0.493 e. The Hall–Kier alpha value is -3.23. The van der Waals surface area contributed by atoms with E-state index in [0.29, 0.717) is 12.3 Å². The van der Waals surface area contributed by atoms with Crippen molar-refractivity contribution in [2.24, 2.45) is 0 Å². The monoisotopic (exact) mass is 506 g/mol. The maximum absolute atomic E-state index is 12.1. The van der Waals surface area contributed by atoms with Crippen LogP contribution in [0.25, 0.3) is 23.3 Å². The zero-order valence-electron chi connectivity index (χ0n) is 16.9. The van der Waals surface area contributed by atoms with E-state index in [9.17, 15) is 4.79 Å². The van der Waals surface area contributed by atoms with Gasteiger partial charge in [0.1, 0.15) is 22.6 Å². The van der Waals surface area contributed by atoms with Crippen LogP contribution >= 0.6 is 27.7 Å². The molecule has 0 saturated carbocycles. The molecular formula is C24H19BrN4O2S. The summed E-state index contributed by atoms with van der Waals surface area (Å²) in [6, 6.07) is 15.4. The van der Waals surface area contributed by atoms with E-state index < -0.39 is 0 Å². The maximum atomic E-state index is 12.1. The SMILES string of the molecule is O=C(/C=C/c1ccc(OCCSc2ncnc3nc[nH]c23)cc1)/C=C/c1cccc(Br)c1. The second-order valence-corrected chi connectivity index (χ2v) is 8.67. The molecule has 0 radical (unpaired) electrons. The lowest BCUT2D eigenvalue weighted by Crippen LogP contribution is -2.00. The summed E-state index contributed by atoms with van der Waals surface area (Å²) >= 11 is 5.01. The first-order chi connectivity index (χ1) is 15.7. The minimum atomic E-state index is -0.0709. The maximum Gasteiger partial charge on any atom is 0.181 e. The van der Waals surface area contributed by atoms with Crippen molar-refractivity contribution in [2.45, 2.75) is 5.03 Å². The molecule has 6 nitrogen and oxygen atoms in total. The van der Waals surface area contributed by atoms with Crippen LogP contribution in [0.1, 0.15) is 11.1 Å². The van der Waals surface area contributed by atoms with Crippen LogP contribution in [0.4, 0.5) is 0 Å². The topological polar surface area (TPSA) is 80.8 Å². The van der Waals surface area contributed by atoms with Crippen LogP contribution < -0.4 is 4.74 Å². The van der Waals surface area contributed by atoms with E-state index in [1.165, 1.54) is 6.33 Å². The van der Waals surface area contributed by atoms with Crippen LogP contribution in [0.5, 0.6) is 5.75 Å². The molecular weight excluding hydrogens is 488 g/mol. The lowest BCUT2D eigenvalue weighted by Gasteiger charge is -2.06. The minimum absolute atomic E-state index is 0.0709. The third kappa shape index (κ3) is 6.15. The van der Waals surface area contributed by atoms with Gasteiger partial charge in [-0.1, -0.05) is 52.3 Å². The standard InChI is InChI=1S/C24H19BrN4O2S/c25-19-3-1-2-18(14-19)5-9-20(30)8-4-17-6-10-21(11-7-17)31-12-13-32-24-22-23(27-15-26-22)28-16-29-24/h1-11,14-16H,12-13H2,(H,26,27,28,29)/b8-4+,9-5+. The van der Waals surface area contributed by atoms with E-state index in [-0.39, 0.29) is 5.78 Å². The Kier molecular flexibility index (Phi) is 7.47. The number of H-pyrrole nitrogens is 1. The first kappa shape index (κ1) is 22.0. The van der Waals surface area contributed by atoms with Crippen LogP contribution in [0, 0.1) is 0 Å². The molecule has 4 aromatic rings. The van der Waals surface area contributed by atoms with Gasteiger partial charge in [0.2, 0.25) is 0 Å². The quantitative estimate of drug-likeness (QED) is 0.138. The van der Waals surface area contributed by atoms with Gasteiger partial charge >= 0.3 is 0 Å². The van der Waals surface area contributed by atoms with Crippen LogP contribution in [0.3, 0.4) is 0 Å². The highest BCUT2D eigenvalue weighted by Gasteiger charge is 2.06. The number of allylic oxidation sites excluding steroid dienone is 2. The molecule has 2 heterocycles. The van der Waals surface area contributed by atoms with E-state index >= 15 is 0 Å². The van der Waals surface area contributed by atoms with Gasteiger partial charge in [0, 0.05) is 10.2 Å². The fourth-order valence-electron chi connectivity index (χ4n) is 2.85. The number of carbonyl (C=O) groups excluding carboxylic acids is 1. The molecule has 160 valence electrons. The number of halogens is 1. The number of carbonyl (C=O) groups is 1. The summed E-state index contributed by atoms with van der Waals surface area (Å²) < 4.78 is 6.78. The summed E-state index contributed by atoms with van der Waals surface area (Å²) in [5.74, 6) is 1.45. The highest BCUT2D eigenvalue weighted by atomic mass is 79.9. The lowest BCUT2D eigenvalue weighted by atomic mass is 10.1. The average Bonchev–Trinajstić information content (AvgIpc) is 3.30. The van der Waals surface area contributed by atoms with Gasteiger partial charge in [-0.3, -0.25) is 4.79 Å². The fourth-order valence-corrected chi connectivity index (χ4v) is 4.04. The lowest BCUT2D eigenvalue weighted by molar-refractivity contribution is -0.110. The Morgan fingerprint density at radius 1 is 1.03 bits per heavy atom. The summed E-state index contributed by atoms with van der Waals surface area (Å²) in [6.07, 6.45) is 9.83. The van der Waals surface area contributed by atoms with Crippen LogP contribution in [-0.4, -0.2) is 38.1 Å². The molecule has 0 aliphatic carbocycles. The van der Waals surface area contributed by atoms with Crippen molar-refractivity contribution in [1.82, 2.24) is 19.9 Å². The first-order valence-corrected chi connectivity index (χ1v) is 11.6. The van der Waals surface area contributed by atoms with Gasteiger partial charge in [-0.2, -0.15) is 0 Å². The van der Waals surface area contributed by atoms with Crippen LogP contribution in [0.2, 0.25) is 0 Å². The van der Waals surface area contributed by atoms with E-state index in [0.717, 1.165) is 37.6 Å². The van der Waals surface area contributed by atoms with Crippen molar-refractivity contribution in [3.05, 3.63) is 88.9 Å². The number of imidazole rings is 1. The summed E-state index contributed by atoms with van der Waals surface area (Å²) in [5, 5.41) is 0.857. The number of ether oxygens (including phenoxy) is 1. The number of fused-ring (bicyclic) bond motifs is 1. The second kappa shape index (κ2) is 10.9. The number of hydrogen-bond acceptors (Lipinski definition) is 6. The van der Waals surface area contributed by atoms with Gasteiger partial charge in [-0.25, -0.2) is 15.0 Å². The number of hydrogen-bond donors (Lipinski definition) is 1. The summed E-state index contributed by atoms with van der Waals surface area (Å²) in [6.45, 7) is 0.540. The molecule has 2 aromatic heterocycles. The van der Waals surface area contributed by atoms with Crippen LogP contribution in [0.15, 0.2) is 82.8 Å². The van der Waals surface area contributed by atoms with Gasteiger partial charge in [0.15, 0.2) is 11.4 Å². The molecule has 0 fully saturated rings. The Morgan fingerprint density at radius 3 is 2.66 bits per heavy atom. The zero-order valence-corrected chi connectivity index (χ0v) is 19.3. The summed E-state index contributed by atoms with van der Waals surface area (Å²) in [5.41, 5.74) is 3.40. The van der Waals surface area contributed by atoms with E-state index in [2.05, 4.69) is 35.9 Å². The molecule has 0 amide bonds. The van der Waals surface area contributed by atoms with Crippen molar-refractivity contribution in [1.29, 1.82) is 0 Å². The molecule has 0 spiro atoms. The fraction of sp³-hybridized carbons (Fsp3) is 0.0833. The number of nitrogens with one attached hydrogen (secondary N) is 1. The van der Waals surface area contributed by atoms with Gasteiger partial charge < -0.3 is 9.72 Å². The number of benzene rings is 2. The zero-order chi connectivity index (χ0) is 22.2. The third-order valence-corrected chi connectivity index (χ3v) is 5.83. The highest BCUT2D eigenvalue weighted by molar-refractivity contribution is 9.10. The predicted octanol–water partition coefficient (Wildman–Crippen LogP) is 5.58. The summed E-state index contributed by atoms with van der Waals surface area (Å²) in [4.78, 5) is 27.7. The minimum Gasteiger partial charge on any atom is -0.493 e. The van der Waals surface area contributed by atoms with Gasteiger partial charge in [-0.05, 0) is 47.5 Å². The molecule has 2 aromatic carbocycles. The molecule has 32 heavy (non-hydrogen) atoms. The number of aromatic amines is 1. The Labute approximate surface area is 198 Å². The smallest absolute Gasteiger partial charge is 0.181 e. The van der Waals surface area contributed by atoms with Crippen LogP contribution in [-0.2, 0) is 4.79 Å². The van der Waals surface area contributed by atoms with Crippen molar-refractivity contribution < 1.29 is 9.53 Å². The van der Waals surface area contributed by atoms with E-state index in [1.54, 1.807) is 42.4 Å². The Balaban J connectivity index is 1.24. The molecule has 0 saturated heterocycles. The number of thioether (sulfide) groups is 1. The van der Waals surface area contributed by atoms with E-state index in [1.807, 2.05) is 48.5 Å². The number of nitrogens with zero attached hydrogens (tertiary/aromatic N) is 3. The second-order valence-electron chi connectivity index (χ2n) is 6.67. The highest BCUT2D eigenvalue weighted by Crippen LogP contribution is 2.22.